The third kappa shape index (κ3) is 4.17. The third-order valence-electron chi connectivity index (χ3n) is 4.08. The number of hydrogen-bond acceptors (Lipinski definition) is 4. The summed E-state index contributed by atoms with van der Waals surface area (Å²) in [6.07, 6.45) is 3.93. The normalized spacial score (nSPS) is 11.3. The van der Waals surface area contributed by atoms with Crippen molar-refractivity contribution in [1.29, 1.82) is 0 Å². The number of aromatic nitrogens is 1. The number of aldehydes is 1. The summed E-state index contributed by atoms with van der Waals surface area (Å²) in [6.45, 7) is 4.54. The number of nitrogens with zero attached hydrogens (tertiary/aromatic N) is 2. The molecule has 26 heavy (non-hydrogen) atoms. The van der Waals surface area contributed by atoms with Crippen molar-refractivity contribution in [3.63, 3.8) is 0 Å². The zero-order valence-corrected chi connectivity index (χ0v) is 15.9. The van der Waals surface area contributed by atoms with Gasteiger partial charge < -0.3 is 9.64 Å². The summed E-state index contributed by atoms with van der Waals surface area (Å²) in [7, 11) is 5.46. The highest BCUT2D eigenvalue weighted by molar-refractivity contribution is 5.88. The minimum absolute atomic E-state index is 0.183. The van der Waals surface area contributed by atoms with Crippen molar-refractivity contribution in [3.8, 4) is 11.1 Å². The van der Waals surface area contributed by atoms with Crippen LogP contribution in [0.3, 0.4) is 0 Å². The van der Waals surface area contributed by atoms with Crippen molar-refractivity contribution in [1.82, 2.24) is 4.98 Å². The molecular weight excluding hydrogens is 331 g/mol. The van der Waals surface area contributed by atoms with E-state index >= 15 is 0 Å². The van der Waals surface area contributed by atoms with Gasteiger partial charge in [-0.3, -0.25) is 4.79 Å². The van der Waals surface area contributed by atoms with Crippen LogP contribution in [0.25, 0.3) is 17.2 Å². The summed E-state index contributed by atoms with van der Waals surface area (Å²) in [4.78, 5) is 17.7. The Kier molecular flexibility index (Phi) is 6.64. The lowest BCUT2D eigenvalue weighted by atomic mass is 9.90. The van der Waals surface area contributed by atoms with Crippen LogP contribution < -0.4 is 4.90 Å². The SMILES string of the molecule is COCc1c(C(C)C)nc(N(C)C)c(/C=C/C=O)c1-c1ccc(F)cc1. The molecule has 138 valence electrons. The van der Waals surface area contributed by atoms with Crippen LogP contribution in [-0.2, 0) is 16.1 Å². The van der Waals surface area contributed by atoms with E-state index in [0.29, 0.717) is 6.61 Å². The average molecular weight is 356 g/mol. The number of anilines is 1. The maximum atomic E-state index is 13.5. The number of hydrogen-bond donors (Lipinski definition) is 0. The van der Waals surface area contributed by atoms with Gasteiger partial charge in [-0.25, -0.2) is 9.37 Å². The van der Waals surface area contributed by atoms with Crippen LogP contribution in [0.2, 0.25) is 0 Å². The molecule has 1 heterocycles. The molecule has 0 atom stereocenters. The van der Waals surface area contributed by atoms with Gasteiger partial charge >= 0.3 is 0 Å². The maximum absolute atomic E-state index is 13.5. The molecule has 0 bridgehead atoms. The molecule has 2 rings (SSSR count). The number of ether oxygens (including phenoxy) is 1. The van der Waals surface area contributed by atoms with Crippen LogP contribution in [0.15, 0.2) is 30.3 Å². The van der Waals surface area contributed by atoms with Crippen molar-refractivity contribution in [2.45, 2.75) is 26.4 Å². The second-order valence-electron chi connectivity index (χ2n) is 6.57. The van der Waals surface area contributed by atoms with Crippen LogP contribution in [0.1, 0.15) is 36.6 Å². The fourth-order valence-electron chi connectivity index (χ4n) is 2.99. The molecule has 5 heteroatoms. The molecule has 0 amide bonds. The Labute approximate surface area is 154 Å². The first-order valence-corrected chi connectivity index (χ1v) is 8.51. The molecule has 0 aliphatic rings. The Balaban J connectivity index is 2.94. The van der Waals surface area contributed by atoms with E-state index in [4.69, 9.17) is 9.72 Å². The van der Waals surface area contributed by atoms with Gasteiger partial charge in [0.15, 0.2) is 0 Å². The number of pyridine rings is 1. The molecule has 0 saturated heterocycles. The first-order valence-electron chi connectivity index (χ1n) is 8.51. The number of methoxy groups -OCH3 is 1. The molecule has 0 fully saturated rings. The van der Waals surface area contributed by atoms with Gasteiger partial charge in [-0.1, -0.05) is 26.0 Å². The minimum Gasteiger partial charge on any atom is -0.380 e. The van der Waals surface area contributed by atoms with Crippen LogP contribution in [0.5, 0.6) is 0 Å². The number of allylic oxidation sites excluding steroid dienone is 1. The van der Waals surface area contributed by atoms with Crippen LogP contribution in [-0.4, -0.2) is 32.5 Å². The molecule has 0 N–H and O–H groups in total. The zero-order chi connectivity index (χ0) is 19.3. The van der Waals surface area contributed by atoms with Crippen LogP contribution in [0.4, 0.5) is 10.2 Å². The molecule has 0 radical (unpaired) electrons. The number of carbonyl (C=O) groups is 1. The lowest BCUT2D eigenvalue weighted by Gasteiger charge is -2.24. The van der Waals surface area contributed by atoms with Crippen molar-refractivity contribution in [3.05, 3.63) is 53.0 Å². The fourth-order valence-corrected chi connectivity index (χ4v) is 2.99. The van der Waals surface area contributed by atoms with Gasteiger partial charge in [-0.2, -0.15) is 0 Å². The molecule has 0 aliphatic heterocycles. The molecular formula is C21H25FN2O2. The maximum Gasteiger partial charge on any atom is 0.142 e. The fraction of sp³-hybridized carbons (Fsp3) is 0.333. The van der Waals surface area contributed by atoms with Gasteiger partial charge in [0.1, 0.15) is 17.9 Å². The van der Waals surface area contributed by atoms with Crippen molar-refractivity contribution in [2.75, 3.05) is 26.1 Å². The molecule has 1 aromatic carbocycles. The Bertz CT molecular complexity index is 797. The number of rotatable bonds is 7. The molecule has 0 saturated carbocycles. The topological polar surface area (TPSA) is 42.4 Å². The van der Waals surface area contributed by atoms with E-state index in [1.807, 2.05) is 19.0 Å². The van der Waals surface area contributed by atoms with E-state index in [2.05, 4.69) is 13.8 Å². The van der Waals surface area contributed by atoms with E-state index in [1.54, 1.807) is 25.3 Å². The highest BCUT2D eigenvalue weighted by atomic mass is 19.1. The molecule has 0 unspecified atom stereocenters. The summed E-state index contributed by atoms with van der Waals surface area (Å²) in [5, 5.41) is 0. The van der Waals surface area contributed by atoms with Gasteiger partial charge in [-0.05, 0) is 41.3 Å². The largest absolute Gasteiger partial charge is 0.380 e. The summed E-state index contributed by atoms with van der Waals surface area (Å²) < 4.78 is 18.9. The van der Waals surface area contributed by atoms with E-state index in [9.17, 15) is 9.18 Å². The lowest BCUT2D eigenvalue weighted by molar-refractivity contribution is -0.104. The average Bonchev–Trinajstić information content (AvgIpc) is 2.60. The first kappa shape index (κ1) is 19.8. The highest BCUT2D eigenvalue weighted by Crippen LogP contribution is 2.38. The van der Waals surface area contributed by atoms with Gasteiger partial charge in [0.25, 0.3) is 0 Å². The van der Waals surface area contributed by atoms with Crippen molar-refractivity contribution in [2.24, 2.45) is 0 Å². The van der Waals surface area contributed by atoms with Crippen LogP contribution in [0, 0.1) is 5.82 Å². The van der Waals surface area contributed by atoms with E-state index < -0.39 is 0 Å². The van der Waals surface area contributed by atoms with Gasteiger partial charge in [0, 0.05) is 32.3 Å². The number of benzene rings is 1. The minimum atomic E-state index is -0.294. The zero-order valence-electron chi connectivity index (χ0n) is 15.9. The predicted molar refractivity (Wildman–Crippen MR) is 104 cm³/mol. The molecule has 0 aliphatic carbocycles. The van der Waals surface area contributed by atoms with Crippen LogP contribution >= 0.6 is 0 Å². The highest BCUT2D eigenvalue weighted by Gasteiger charge is 2.22. The first-order chi connectivity index (χ1) is 12.4. The summed E-state index contributed by atoms with van der Waals surface area (Å²) in [5.74, 6) is 0.645. The molecule has 2 aromatic rings. The second-order valence-corrected chi connectivity index (χ2v) is 6.57. The quantitative estimate of drug-likeness (QED) is 0.543. The molecule has 0 spiro atoms. The van der Waals surface area contributed by atoms with E-state index in [1.165, 1.54) is 18.2 Å². The van der Waals surface area contributed by atoms with Gasteiger partial charge in [0.05, 0.1) is 12.3 Å². The molecule has 4 nitrogen and oxygen atoms in total. The number of carbonyl (C=O) groups excluding carboxylic acids is 1. The third-order valence-corrected chi connectivity index (χ3v) is 4.08. The smallest absolute Gasteiger partial charge is 0.142 e. The van der Waals surface area contributed by atoms with Gasteiger partial charge in [0.2, 0.25) is 0 Å². The molecule has 1 aromatic heterocycles. The van der Waals surface area contributed by atoms with Gasteiger partial charge in [-0.15, -0.1) is 0 Å². The Morgan fingerprint density at radius 2 is 1.88 bits per heavy atom. The Morgan fingerprint density at radius 1 is 1.23 bits per heavy atom. The summed E-state index contributed by atoms with van der Waals surface area (Å²) in [5.41, 5.74) is 4.46. The van der Waals surface area contributed by atoms with Crippen molar-refractivity contribution >= 4 is 18.2 Å². The lowest BCUT2D eigenvalue weighted by Crippen LogP contribution is -2.17. The second kappa shape index (κ2) is 8.72. The predicted octanol–water partition coefficient (Wildman–Crippen LogP) is 4.44. The van der Waals surface area contributed by atoms with E-state index in [0.717, 1.165) is 40.1 Å². The number of halogens is 1. The Morgan fingerprint density at radius 3 is 2.38 bits per heavy atom. The Hall–Kier alpha value is -2.53. The standard InChI is InChI=1S/C21H25FN2O2/c1-14(2)20-18(13-26-5)19(15-8-10-16(22)11-9-15)17(7-6-12-25)21(23-20)24(3)4/h6-12,14H,13H2,1-5H3/b7-6+. The van der Waals surface area contributed by atoms with Crippen molar-refractivity contribution < 1.29 is 13.9 Å². The summed E-state index contributed by atoms with van der Waals surface area (Å²) in [6, 6.07) is 6.35. The summed E-state index contributed by atoms with van der Waals surface area (Å²) >= 11 is 0. The van der Waals surface area contributed by atoms with E-state index in [-0.39, 0.29) is 11.7 Å². The monoisotopic (exact) mass is 356 g/mol.